The molecule has 1 rings (SSSR count). The summed E-state index contributed by atoms with van der Waals surface area (Å²) in [6.07, 6.45) is 2.54. The molecule has 0 fully saturated rings. The second-order valence-corrected chi connectivity index (χ2v) is 4.94. The standard InChI is InChI=1S/C9H12N2O3S.C4H8O2S.C2H6.H2/c12-7(10-4-6-15)3-5-11-8(13)1-2-9(11)14;1-4(5)6-2-3-7;1-2;/h1-2,15H,3-6H2,(H,10,12);7H,2-3H2,1H3;1-2H3;1H. The number of amides is 3. The molecule has 0 aliphatic carbocycles. The van der Waals surface area contributed by atoms with E-state index in [0.717, 1.165) is 4.90 Å². The third-order valence-electron chi connectivity index (χ3n) is 2.29. The van der Waals surface area contributed by atoms with E-state index in [-0.39, 0.29) is 38.1 Å². The third-order valence-corrected chi connectivity index (χ3v) is 2.70. The zero-order valence-electron chi connectivity index (χ0n) is 14.3. The molecule has 0 spiro atoms. The fourth-order valence-corrected chi connectivity index (χ4v) is 1.54. The summed E-state index contributed by atoms with van der Waals surface area (Å²) in [4.78, 5) is 44.3. The lowest BCUT2D eigenvalue weighted by Crippen LogP contribution is -2.35. The first-order chi connectivity index (χ1) is 11.4. The van der Waals surface area contributed by atoms with Crippen LogP contribution in [-0.2, 0) is 23.9 Å². The number of hydrogen-bond acceptors (Lipinski definition) is 7. The van der Waals surface area contributed by atoms with Gasteiger partial charge in [-0.2, -0.15) is 25.3 Å². The van der Waals surface area contributed by atoms with E-state index in [1.165, 1.54) is 19.1 Å². The van der Waals surface area contributed by atoms with E-state index >= 15 is 0 Å². The number of rotatable bonds is 7. The first-order valence-corrected chi connectivity index (χ1v) is 8.84. The summed E-state index contributed by atoms with van der Waals surface area (Å²) in [6.45, 7) is 6.41. The number of nitrogens with one attached hydrogen (secondary N) is 1. The van der Waals surface area contributed by atoms with E-state index < -0.39 is 0 Å². The highest BCUT2D eigenvalue weighted by molar-refractivity contribution is 7.80. The van der Waals surface area contributed by atoms with Gasteiger partial charge in [0.15, 0.2) is 0 Å². The molecule has 0 aromatic rings. The summed E-state index contributed by atoms with van der Waals surface area (Å²) in [6, 6.07) is 0. The minimum atomic E-state index is -0.359. The summed E-state index contributed by atoms with van der Waals surface area (Å²) >= 11 is 7.75. The minimum Gasteiger partial charge on any atom is -0.465 e. The molecule has 1 heterocycles. The van der Waals surface area contributed by atoms with Crippen LogP contribution in [0.25, 0.3) is 0 Å². The zero-order chi connectivity index (χ0) is 19.0. The Morgan fingerprint density at radius 2 is 1.71 bits per heavy atom. The number of imide groups is 1. The van der Waals surface area contributed by atoms with Gasteiger partial charge in [0.2, 0.25) is 5.91 Å². The molecular weight excluding hydrogens is 352 g/mol. The summed E-state index contributed by atoms with van der Waals surface area (Å²) in [5.41, 5.74) is 0. The van der Waals surface area contributed by atoms with Crippen LogP contribution < -0.4 is 5.32 Å². The van der Waals surface area contributed by atoms with Crippen molar-refractivity contribution < 1.29 is 25.3 Å². The Morgan fingerprint density at radius 1 is 1.17 bits per heavy atom. The number of esters is 1. The molecule has 3 amide bonds. The predicted molar refractivity (Wildman–Crippen MR) is 101 cm³/mol. The van der Waals surface area contributed by atoms with E-state index in [0.29, 0.717) is 24.7 Å². The lowest BCUT2D eigenvalue weighted by atomic mass is 10.3. The maximum Gasteiger partial charge on any atom is 0.302 e. The average molecular weight is 381 g/mol. The predicted octanol–water partition coefficient (Wildman–Crippen LogP) is 1.10. The second kappa shape index (κ2) is 16.4. The maximum absolute atomic E-state index is 11.2. The van der Waals surface area contributed by atoms with Crippen molar-refractivity contribution in [2.75, 3.05) is 31.2 Å². The summed E-state index contributed by atoms with van der Waals surface area (Å²) in [7, 11) is 0. The zero-order valence-corrected chi connectivity index (χ0v) is 16.1. The molecule has 0 atom stereocenters. The normalized spacial score (nSPS) is 12.0. The lowest BCUT2D eigenvalue weighted by molar-refractivity contribution is -0.140. The Balaban J connectivity index is -0.000000413. The first kappa shape index (κ1) is 24.8. The second-order valence-electron chi connectivity index (χ2n) is 4.05. The molecule has 1 aliphatic heterocycles. The summed E-state index contributed by atoms with van der Waals surface area (Å²) < 4.78 is 4.48. The molecule has 0 unspecified atom stereocenters. The van der Waals surface area contributed by atoms with E-state index in [9.17, 15) is 19.2 Å². The van der Waals surface area contributed by atoms with Crippen LogP contribution >= 0.6 is 25.3 Å². The van der Waals surface area contributed by atoms with Gasteiger partial charge in [-0.3, -0.25) is 24.1 Å². The molecule has 9 heteroatoms. The highest BCUT2D eigenvalue weighted by Gasteiger charge is 2.23. The minimum absolute atomic E-state index is 0. The fourth-order valence-electron chi connectivity index (χ4n) is 1.34. The molecular formula is C15H28N2O5S2. The average Bonchev–Trinajstić information content (AvgIpc) is 2.89. The third kappa shape index (κ3) is 13.0. The van der Waals surface area contributed by atoms with E-state index in [1.807, 2.05) is 13.8 Å². The highest BCUT2D eigenvalue weighted by atomic mass is 32.1. The van der Waals surface area contributed by atoms with Crippen molar-refractivity contribution in [1.82, 2.24) is 10.2 Å². The van der Waals surface area contributed by atoms with Crippen LogP contribution in [0, 0.1) is 0 Å². The number of carbonyl (C=O) groups excluding carboxylic acids is 4. The largest absolute Gasteiger partial charge is 0.465 e. The van der Waals surface area contributed by atoms with Crippen LogP contribution in [0.2, 0.25) is 0 Å². The Hall–Kier alpha value is -1.48. The molecule has 0 radical (unpaired) electrons. The van der Waals surface area contributed by atoms with Gasteiger partial charge in [0.05, 0.1) is 0 Å². The van der Waals surface area contributed by atoms with Crippen molar-refractivity contribution >= 4 is 48.9 Å². The van der Waals surface area contributed by atoms with Crippen LogP contribution in [0.4, 0.5) is 0 Å². The van der Waals surface area contributed by atoms with Crippen LogP contribution in [-0.4, -0.2) is 59.8 Å². The molecule has 1 aliphatic rings. The maximum atomic E-state index is 11.2. The summed E-state index contributed by atoms with van der Waals surface area (Å²) in [5, 5.41) is 2.60. The molecule has 0 saturated carbocycles. The lowest BCUT2D eigenvalue weighted by Gasteiger charge is -2.12. The van der Waals surface area contributed by atoms with Gasteiger partial charge in [-0.25, -0.2) is 0 Å². The van der Waals surface area contributed by atoms with Crippen molar-refractivity contribution in [2.45, 2.75) is 27.2 Å². The molecule has 0 bridgehead atoms. The van der Waals surface area contributed by atoms with Crippen molar-refractivity contribution in [1.29, 1.82) is 0 Å². The van der Waals surface area contributed by atoms with Gasteiger partial charge in [-0.15, -0.1) is 0 Å². The number of nitrogens with zero attached hydrogens (tertiary/aromatic N) is 1. The van der Waals surface area contributed by atoms with Gasteiger partial charge in [0.1, 0.15) is 6.61 Å². The quantitative estimate of drug-likeness (QED) is 0.349. The van der Waals surface area contributed by atoms with Gasteiger partial charge in [-0.05, 0) is 0 Å². The molecule has 140 valence electrons. The Morgan fingerprint density at radius 3 is 2.08 bits per heavy atom. The van der Waals surface area contributed by atoms with Gasteiger partial charge < -0.3 is 10.1 Å². The molecule has 0 aromatic heterocycles. The van der Waals surface area contributed by atoms with Gasteiger partial charge in [-0.1, -0.05) is 13.8 Å². The van der Waals surface area contributed by atoms with E-state index in [1.54, 1.807) is 0 Å². The van der Waals surface area contributed by atoms with E-state index in [4.69, 9.17) is 0 Å². The summed E-state index contributed by atoms with van der Waals surface area (Å²) in [5.74, 6) is 0.0173. The molecule has 7 nitrogen and oxygen atoms in total. The SMILES string of the molecule is CC.CC(=O)OCCS.O=C(CCN1C(=O)C=CC1=O)NCCS.[HH]. The van der Waals surface area contributed by atoms with Gasteiger partial charge in [0, 0.05) is 51.5 Å². The molecule has 0 saturated heterocycles. The van der Waals surface area contributed by atoms with Gasteiger partial charge in [0.25, 0.3) is 11.8 Å². The van der Waals surface area contributed by atoms with Crippen LogP contribution in [0.5, 0.6) is 0 Å². The fraction of sp³-hybridized carbons (Fsp3) is 0.600. The highest BCUT2D eigenvalue weighted by Crippen LogP contribution is 2.03. The number of hydrogen-bond donors (Lipinski definition) is 3. The Bertz CT molecular complexity index is 430. The first-order valence-electron chi connectivity index (χ1n) is 7.57. The van der Waals surface area contributed by atoms with Crippen molar-refractivity contribution in [3.63, 3.8) is 0 Å². The van der Waals surface area contributed by atoms with E-state index in [2.05, 4.69) is 35.3 Å². The van der Waals surface area contributed by atoms with Crippen LogP contribution in [0.1, 0.15) is 28.6 Å². The number of carbonyl (C=O) groups is 4. The van der Waals surface area contributed by atoms with Crippen LogP contribution in [0.3, 0.4) is 0 Å². The Labute approximate surface area is 155 Å². The van der Waals surface area contributed by atoms with Crippen LogP contribution in [0.15, 0.2) is 12.2 Å². The topological polar surface area (TPSA) is 92.8 Å². The monoisotopic (exact) mass is 380 g/mol. The number of thiol groups is 2. The van der Waals surface area contributed by atoms with Crippen molar-refractivity contribution in [2.24, 2.45) is 0 Å². The Kier molecular flexibility index (Phi) is 16.9. The van der Waals surface area contributed by atoms with Crippen molar-refractivity contribution in [3.05, 3.63) is 12.2 Å². The molecule has 0 aromatic carbocycles. The molecule has 24 heavy (non-hydrogen) atoms. The number of ether oxygens (including phenoxy) is 1. The molecule has 1 N–H and O–H groups in total. The van der Waals surface area contributed by atoms with Crippen molar-refractivity contribution in [3.8, 4) is 0 Å². The smallest absolute Gasteiger partial charge is 0.302 e. The van der Waals surface area contributed by atoms with Gasteiger partial charge >= 0.3 is 5.97 Å².